The van der Waals surface area contributed by atoms with Gasteiger partial charge in [0.05, 0.1) is 5.41 Å². The van der Waals surface area contributed by atoms with Crippen LogP contribution in [0.25, 0.3) is 0 Å². The van der Waals surface area contributed by atoms with E-state index >= 15 is 0 Å². The van der Waals surface area contributed by atoms with Gasteiger partial charge in [0.25, 0.3) is 0 Å². The summed E-state index contributed by atoms with van der Waals surface area (Å²) < 4.78 is 13.1. The van der Waals surface area contributed by atoms with Crippen LogP contribution in [-0.4, -0.2) is 42.1 Å². The minimum Gasteiger partial charge on any atom is -0.368 e. The van der Waals surface area contributed by atoms with Gasteiger partial charge < -0.3 is 15.1 Å². The Morgan fingerprint density at radius 1 is 0.964 bits per heavy atom. The van der Waals surface area contributed by atoms with Crippen LogP contribution >= 0.6 is 12.2 Å². The van der Waals surface area contributed by atoms with Crippen LogP contribution in [-0.2, 0) is 4.79 Å². The van der Waals surface area contributed by atoms with Crippen molar-refractivity contribution < 1.29 is 9.18 Å². The molecule has 1 aliphatic heterocycles. The van der Waals surface area contributed by atoms with Crippen molar-refractivity contribution in [2.45, 2.75) is 38.5 Å². The molecule has 0 radical (unpaired) electrons. The third-order valence-corrected chi connectivity index (χ3v) is 7.86. The highest BCUT2D eigenvalue weighted by molar-refractivity contribution is 7.80. The Bertz CT molecular complexity index is 737. The quantitative estimate of drug-likeness (QED) is 0.769. The topological polar surface area (TPSA) is 35.6 Å². The summed E-state index contributed by atoms with van der Waals surface area (Å²) in [6.45, 7) is 3.19. The predicted molar refractivity (Wildman–Crippen MR) is 112 cm³/mol. The lowest BCUT2D eigenvalue weighted by Gasteiger charge is -2.55. The molecule has 1 amide bonds. The number of halogens is 1. The van der Waals surface area contributed by atoms with Gasteiger partial charge in [0, 0.05) is 31.9 Å². The molecule has 1 N–H and O–H groups in total. The molecule has 0 unspecified atom stereocenters. The molecule has 5 fully saturated rings. The van der Waals surface area contributed by atoms with E-state index in [4.69, 9.17) is 12.2 Å². The number of amides is 1. The first kappa shape index (κ1) is 18.3. The molecule has 0 aromatic heterocycles. The van der Waals surface area contributed by atoms with Crippen LogP contribution in [0.4, 0.5) is 10.1 Å². The van der Waals surface area contributed by atoms with E-state index in [1.54, 1.807) is 0 Å². The van der Waals surface area contributed by atoms with Crippen LogP contribution in [0.5, 0.6) is 0 Å². The van der Waals surface area contributed by atoms with Gasteiger partial charge in [-0.25, -0.2) is 4.39 Å². The maximum absolute atomic E-state index is 13.2. The average Bonchev–Trinajstić information content (AvgIpc) is 2.67. The minimum atomic E-state index is -0.212. The second kappa shape index (κ2) is 6.97. The summed E-state index contributed by atoms with van der Waals surface area (Å²) in [5.41, 5.74) is 0.874. The number of piperazine rings is 1. The number of nitrogens with zero attached hydrogens (tertiary/aromatic N) is 2. The highest BCUT2D eigenvalue weighted by Gasteiger charge is 2.54. The lowest BCUT2D eigenvalue weighted by Crippen LogP contribution is -2.58. The van der Waals surface area contributed by atoms with Gasteiger partial charge in [0.1, 0.15) is 5.82 Å². The van der Waals surface area contributed by atoms with Crippen molar-refractivity contribution in [3.05, 3.63) is 30.1 Å². The van der Waals surface area contributed by atoms with E-state index in [1.807, 2.05) is 12.1 Å². The molecule has 6 heteroatoms. The molecule has 5 aliphatic rings. The largest absolute Gasteiger partial charge is 0.368 e. The number of nitrogens with one attached hydrogen (secondary N) is 1. The van der Waals surface area contributed by atoms with E-state index in [-0.39, 0.29) is 17.1 Å². The third kappa shape index (κ3) is 3.30. The number of anilines is 1. The summed E-state index contributed by atoms with van der Waals surface area (Å²) in [6, 6.07) is 6.63. The van der Waals surface area contributed by atoms with Crippen LogP contribution in [0.15, 0.2) is 24.3 Å². The molecule has 150 valence electrons. The van der Waals surface area contributed by atoms with Crippen LogP contribution in [0.3, 0.4) is 0 Å². The number of hydrogen-bond acceptors (Lipinski definition) is 3. The van der Waals surface area contributed by atoms with E-state index in [0.29, 0.717) is 5.11 Å². The summed E-state index contributed by atoms with van der Waals surface area (Å²) in [5, 5.41) is 3.70. The van der Waals surface area contributed by atoms with Crippen molar-refractivity contribution in [3.63, 3.8) is 0 Å². The zero-order valence-corrected chi connectivity index (χ0v) is 17.0. The first-order valence-electron chi connectivity index (χ1n) is 10.6. The van der Waals surface area contributed by atoms with Crippen LogP contribution < -0.4 is 10.2 Å². The standard InChI is InChI=1S/C22H28FN3OS/c23-18-1-3-19(4-2-18)25-5-7-26(8-6-25)21(28)24-20(27)22-12-15-9-16(13-22)11-17(10-15)14-22/h1-4,15-17H,5-14H2,(H,24,27,28). The Balaban J connectivity index is 1.18. The van der Waals surface area contributed by atoms with Gasteiger partial charge in [-0.3, -0.25) is 4.79 Å². The molecule has 1 heterocycles. The van der Waals surface area contributed by atoms with Gasteiger partial charge in [-0.15, -0.1) is 0 Å². The molecule has 1 saturated heterocycles. The smallest absolute Gasteiger partial charge is 0.232 e. The second-order valence-corrected chi connectivity index (χ2v) is 9.79. The summed E-state index contributed by atoms with van der Waals surface area (Å²) in [4.78, 5) is 17.5. The maximum Gasteiger partial charge on any atom is 0.232 e. The van der Waals surface area contributed by atoms with Gasteiger partial charge in [0.2, 0.25) is 5.91 Å². The number of carbonyl (C=O) groups is 1. The van der Waals surface area contributed by atoms with Gasteiger partial charge in [-0.2, -0.15) is 0 Å². The maximum atomic E-state index is 13.2. The van der Waals surface area contributed by atoms with E-state index < -0.39 is 0 Å². The number of benzene rings is 1. The first-order valence-corrected chi connectivity index (χ1v) is 11.0. The molecule has 0 atom stereocenters. The Labute approximate surface area is 171 Å². The minimum absolute atomic E-state index is 0.158. The molecular weight excluding hydrogens is 373 g/mol. The van der Waals surface area contributed by atoms with Crippen LogP contribution in [0, 0.1) is 29.0 Å². The zero-order chi connectivity index (χ0) is 19.3. The molecule has 1 aromatic rings. The lowest BCUT2D eigenvalue weighted by atomic mass is 9.49. The van der Waals surface area contributed by atoms with Crippen molar-refractivity contribution in [1.82, 2.24) is 10.2 Å². The first-order chi connectivity index (χ1) is 13.5. The molecule has 4 saturated carbocycles. The van der Waals surface area contributed by atoms with Crippen molar-refractivity contribution in [2.24, 2.45) is 23.2 Å². The van der Waals surface area contributed by atoms with E-state index in [1.165, 1.54) is 31.4 Å². The molecule has 28 heavy (non-hydrogen) atoms. The summed E-state index contributed by atoms with van der Waals surface area (Å²) in [6.07, 6.45) is 7.19. The summed E-state index contributed by atoms with van der Waals surface area (Å²) >= 11 is 5.60. The monoisotopic (exact) mass is 401 g/mol. The normalized spacial score (nSPS) is 33.8. The van der Waals surface area contributed by atoms with E-state index in [0.717, 1.165) is 68.9 Å². The number of thiocarbonyl (C=S) groups is 1. The second-order valence-electron chi connectivity index (χ2n) is 9.41. The van der Waals surface area contributed by atoms with Gasteiger partial charge in [-0.1, -0.05) is 0 Å². The molecular formula is C22H28FN3OS. The summed E-state index contributed by atoms with van der Waals surface area (Å²) in [5.74, 6) is 2.23. The predicted octanol–water partition coefficient (Wildman–Crippen LogP) is 3.57. The molecule has 4 bridgehead atoms. The molecule has 1 aromatic carbocycles. The fourth-order valence-corrected chi connectivity index (χ4v) is 6.79. The van der Waals surface area contributed by atoms with Crippen LogP contribution in [0.2, 0.25) is 0 Å². The third-order valence-electron chi connectivity index (χ3n) is 7.50. The molecule has 4 nitrogen and oxygen atoms in total. The van der Waals surface area contributed by atoms with Crippen LogP contribution in [0.1, 0.15) is 38.5 Å². The molecule has 4 aliphatic carbocycles. The Morgan fingerprint density at radius 2 is 1.50 bits per heavy atom. The van der Waals surface area contributed by atoms with Gasteiger partial charge in [0.15, 0.2) is 5.11 Å². The van der Waals surface area contributed by atoms with Gasteiger partial charge >= 0.3 is 0 Å². The van der Waals surface area contributed by atoms with E-state index in [2.05, 4.69) is 15.1 Å². The molecule has 6 rings (SSSR count). The van der Waals surface area contributed by atoms with Crippen molar-refractivity contribution in [2.75, 3.05) is 31.1 Å². The highest BCUT2D eigenvalue weighted by atomic mass is 32.1. The molecule has 0 spiro atoms. The number of hydrogen-bond donors (Lipinski definition) is 1. The Kier molecular flexibility index (Phi) is 4.57. The number of carbonyl (C=O) groups excluding carboxylic acids is 1. The Hall–Kier alpha value is -1.69. The lowest BCUT2D eigenvalue weighted by molar-refractivity contribution is -0.144. The van der Waals surface area contributed by atoms with E-state index in [9.17, 15) is 9.18 Å². The van der Waals surface area contributed by atoms with Crippen molar-refractivity contribution >= 4 is 28.9 Å². The van der Waals surface area contributed by atoms with Crippen molar-refractivity contribution in [1.29, 1.82) is 0 Å². The highest BCUT2D eigenvalue weighted by Crippen LogP contribution is 2.60. The fraction of sp³-hybridized carbons (Fsp3) is 0.636. The van der Waals surface area contributed by atoms with Gasteiger partial charge in [-0.05, 0) is 92.8 Å². The van der Waals surface area contributed by atoms with Crippen molar-refractivity contribution in [3.8, 4) is 0 Å². The SMILES string of the molecule is O=C(NC(=S)N1CCN(c2ccc(F)cc2)CC1)C12CC3CC(CC(C3)C1)C2. The number of rotatable bonds is 2. The Morgan fingerprint density at radius 3 is 2.04 bits per heavy atom. The zero-order valence-electron chi connectivity index (χ0n) is 16.2. The average molecular weight is 402 g/mol. The summed E-state index contributed by atoms with van der Waals surface area (Å²) in [7, 11) is 0. The fourth-order valence-electron chi connectivity index (χ4n) is 6.52.